The van der Waals surface area contributed by atoms with Crippen molar-refractivity contribution >= 4 is 11.9 Å². The number of imidazole rings is 1. The quantitative estimate of drug-likeness (QED) is 0.628. The van der Waals surface area contributed by atoms with E-state index in [1.54, 1.807) is 0 Å². The van der Waals surface area contributed by atoms with Gasteiger partial charge < -0.3 is 4.74 Å². The third-order valence-electron chi connectivity index (χ3n) is 1.48. The number of carbonyl (C=O) groups is 2. The Labute approximate surface area is 75.3 Å². The Morgan fingerprint density at radius 1 is 1.54 bits per heavy atom. The van der Waals surface area contributed by atoms with Crippen molar-refractivity contribution < 1.29 is 14.3 Å². The fourth-order valence-electron chi connectivity index (χ4n) is 0.888. The number of nitrogens with zero attached hydrogens (tertiary/aromatic N) is 2. The number of hydrogen-bond donors (Lipinski definition) is 0. The molecule has 1 heterocycles. The molecule has 0 spiro atoms. The molecule has 1 aromatic rings. The minimum absolute atomic E-state index is 0.0783. The summed E-state index contributed by atoms with van der Waals surface area (Å²) in [7, 11) is 0. The lowest BCUT2D eigenvalue weighted by Gasteiger charge is -2.03. The first-order valence-electron chi connectivity index (χ1n) is 3.77. The molecule has 0 atom stereocenters. The summed E-state index contributed by atoms with van der Waals surface area (Å²) in [5.74, 6) is -0.532. The maximum atomic E-state index is 11.0. The normalized spacial score (nSPS) is 9.69. The summed E-state index contributed by atoms with van der Waals surface area (Å²) in [5, 5.41) is 0. The van der Waals surface area contributed by atoms with Crippen LogP contribution in [0.5, 0.6) is 0 Å². The van der Waals surface area contributed by atoms with Gasteiger partial charge in [0.15, 0.2) is 0 Å². The molecule has 0 unspecified atom stereocenters. The van der Waals surface area contributed by atoms with Crippen LogP contribution in [0.15, 0.2) is 12.5 Å². The summed E-state index contributed by atoms with van der Waals surface area (Å²) in [6, 6.07) is 0. The Hall–Kier alpha value is -1.65. The van der Waals surface area contributed by atoms with Gasteiger partial charge in [0.1, 0.15) is 12.9 Å². The van der Waals surface area contributed by atoms with Crippen LogP contribution < -0.4 is 0 Å². The van der Waals surface area contributed by atoms with Crippen molar-refractivity contribution in [3.8, 4) is 0 Å². The molecule has 70 valence electrons. The minimum Gasteiger partial charge on any atom is -0.459 e. The molecule has 0 saturated heterocycles. The molecule has 1 aromatic heterocycles. The molecular formula is C8H10N2O3. The van der Waals surface area contributed by atoms with Gasteiger partial charge in [-0.25, -0.2) is 4.98 Å². The number of esters is 1. The lowest BCUT2D eigenvalue weighted by molar-refractivity contribution is -0.142. The topological polar surface area (TPSA) is 61.2 Å². The van der Waals surface area contributed by atoms with E-state index in [2.05, 4.69) is 4.98 Å². The number of ether oxygens (including phenoxy) is 1. The molecule has 0 aliphatic rings. The minimum atomic E-state index is -0.378. The van der Waals surface area contributed by atoms with E-state index < -0.39 is 0 Å². The Balaban J connectivity index is 2.71. The van der Waals surface area contributed by atoms with Crippen LogP contribution in [-0.4, -0.2) is 21.4 Å². The first-order chi connectivity index (χ1) is 6.11. The first kappa shape index (κ1) is 9.44. The second-order valence-electron chi connectivity index (χ2n) is 2.55. The standard InChI is InChI=1S/C8H10N2O3/c1-6(11)10-5-9-3-8(10)4-13-7(2)12/h3,5H,4H2,1-2H3. The molecular weight excluding hydrogens is 172 g/mol. The van der Waals surface area contributed by atoms with Gasteiger partial charge in [0.25, 0.3) is 0 Å². The Kier molecular flexibility index (Phi) is 2.79. The fraction of sp³-hybridized carbons (Fsp3) is 0.375. The van der Waals surface area contributed by atoms with E-state index in [0.29, 0.717) is 5.69 Å². The van der Waals surface area contributed by atoms with E-state index in [4.69, 9.17) is 4.74 Å². The zero-order valence-electron chi connectivity index (χ0n) is 7.48. The predicted octanol–water partition coefficient (Wildman–Crippen LogP) is 0.606. The predicted molar refractivity (Wildman–Crippen MR) is 44.0 cm³/mol. The van der Waals surface area contributed by atoms with Crippen LogP contribution in [0.4, 0.5) is 0 Å². The van der Waals surface area contributed by atoms with Gasteiger partial charge in [-0.3, -0.25) is 14.2 Å². The van der Waals surface area contributed by atoms with Crippen LogP contribution in [0.25, 0.3) is 0 Å². The lowest BCUT2D eigenvalue weighted by atomic mass is 10.5. The summed E-state index contributed by atoms with van der Waals surface area (Å²) in [6.07, 6.45) is 2.88. The second-order valence-corrected chi connectivity index (χ2v) is 2.55. The molecule has 0 aromatic carbocycles. The molecule has 13 heavy (non-hydrogen) atoms. The molecule has 0 radical (unpaired) electrons. The number of aromatic nitrogens is 2. The molecule has 0 aliphatic heterocycles. The van der Waals surface area contributed by atoms with Crippen molar-refractivity contribution in [3.05, 3.63) is 18.2 Å². The maximum Gasteiger partial charge on any atom is 0.303 e. The zero-order valence-corrected chi connectivity index (χ0v) is 7.48. The molecule has 0 aliphatic carbocycles. The Morgan fingerprint density at radius 3 is 2.77 bits per heavy atom. The average molecular weight is 182 g/mol. The summed E-state index contributed by atoms with van der Waals surface area (Å²) in [5.41, 5.74) is 0.572. The first-order valence-corrected chi connectivity index (χ1v) is 3.77. The highest BCUT2D eigenvalue weighted by atomic mass is 16.5. The van der Waals surface area contributed by atoms with Crippen LogP contribution in [0.3, 0.4) is 0 Å². The molecule has 0 bridgehead atoms. The van der Waals surface area contributed by atoms with E-state index in [0.717, 1.165) is 0 Å². The van der Waals surface area contributed by atoms with Gasteiger partial charge >= 0.3 is 5.97 Å². The van der Waals surface area contributed by atoms with E-state index in [1.165, 1.54) is 30.9 Å². The molecule has 5 heteroatoms. The van der Waals surface area contributed by atoms with Gasteiger partial charge in [-0.1, -0.05) is 0 Å². The largest absolute Gasteiger partial charge is 0.459 e. The van der Waals surface area contributed by atoms with Gasteiger partial charge in [-0.15, -0.1) is 0 Å². The van der Waals surface area contributed by atoms with Gasteiger partial charge in [0.2, 0.25) is 5.91 Å². The summed E-state index contributed by atoms with van der Waals surface area (Å²) >= 11 is 0. The highest BCUT2D eigenvalue weighted by Crippen LogP contribution is 2.01. The van der Waals surface area contributed by atoms with Crippen LogP contribution in [-0.2, 0) is 16.1 Å². The molecule has 0 N–H and O–H groups in total. The monoisotopic (exact) mass is 182 g/mol. The maximum absolute atomic E-state index is 11.0. The zero-order chi connectivity index (χ0) is 9.84. The van der Waals surface area contributed by atoms with E-state index in [1.807, 2.05) is 0 Å². The van der Waals surface area contributed by atoms with Gasteiger partial charge in [-0.2, -0.15) is 0 Å². The number of carbonyl (C=O) groups excluding carboxylic acids is 2. The van der Waals surface area contributed by atoms with E-state index >= 15 is 0 Å². The summed E-state index contributed by atoms with van der Waals surface area (Å²) < 4.78 is 6.06. The highest BCUT2D eigenvalue weighted by Gasteiger charge is 2.06. The average Bonchev–Trinajstić information content (AvgIpc) is 2.47. The molecule has 1 rings (SSSR count). The smallest absolute Gasteiger partial charge is 0.303 e. The van der Waals surface area contributed by atoms with Crippen LogP contribution in [0, 0.1) is 0 Å². The second kappa shape index (κ2) is 3.84. The molecule has 0 amide bonds. The van der Waals surface area contributed by atoms with Crippen LogP contribution in [0.1, 0.15) is 24.3 Å². The fourth-order valence-corrected chi connectivity index (χ4v) is 0.888. The lowest BCUT2D eigenvalue weighted by Crippen LogP contribution is -2.10. The summed E-state index contributed by atoms with van der Waals surface area (Å²) in [6.45, 7) is 2.81. The SMILES string of the molecule is CC(=O)OCc1cncn1C(C)=O. The highest BCUT2D eigenvalue weighted by molar-refractivity contribution is 5.76. The molecule has 5 nitrogen and oxygen atoms in total. The van der Waals surface area contributed by atoms with E-state index in [-0.39, 0.29) is 18.5 Å². The van der Waals surface area contributed by atoms with Crippen molar-refractivity contribution in [2.75, 3.05) is 0 Å². The van der Waals surface area contributed by atoms with Gasteiger partial charge in [-0.05, 0) is 0 Å². The molecule has 0 saturated carbocycles. The van der Waals surface area contributed by atoms with E-state index in [9.17, 15) is 9.59 Å². The Morgan fingerprint density at radius 2 is 2.23 bits per heavy atom. The number of hydrogen-bond acceptors (Lipinski definition) is 4. The molecule has 0 fully saturated rings. The third kappa shape index (κ3) is 2.40. The van der Waals surface area contributed by atoms with Crippen LogP contribution >= 0.6 is 0 Å². The van der Waals surface area contributed by atoms with Crippen molar-refractivity contribution in [2.24, 2.45) is 0 Å². The Bertz CT molecular complexity index is 330. The van der Waals surface area contributed by atoms with Crippen molar-refractivity contribution in [1.82, 2.24) is 9.55 Å². The summed E-state index contributed by atoms with van der Waals surface area (Å²) in [4.78, 5) is 25.2. The van der Waals surface area contributed by atoms with Gasteiger partial charge in [0.05, 0.1) is 11.9 Å². The van der Waals surface area contributed by atoms with Crippen molar-refractivity contribution in [3.63, 3.8) is 0 Å². The van der Waals surface area contributed by atoms with Crippen molar-refractivity contribution in [2.45, 2.75) is 20.5 Å². The van der Waals surface area contributed by atoms with Gasteiger partial charge in [0, 0.05) is 13.8 Å². The number of rotatable bonds is 2. The van der Waals surface area contributed by atoms with Crippen LogP contribution in [0.2, 0.25) is 0 Å². The van der Waals surface area contributed by atoms with Crippen molar-refractivity contribution in [1.29, 1.82) is 0 Å². The third-order valence-corrected chi connectivity index (χ3v) is 1.48.